The number of aromatic amines is 1. The summed E-state index contributed by atoms with van der Waals surface area (Å²) in [6, 6.07) is 5.50. The summed E-state index contributed by atoms with van der Waals surface area (Å²) >= 11 is 0. The molecule has 3 rings (SSSR count). The molecule has 3 N–H and O–H groups in total. The minimum absolute atomic E-state index is 0.0955. The predicted octanol–water partition coefficient (Wildman–Crippen LogP) is 0.758. The first-order valence-electron chi connectivity index (χ1n) is 5.43. The molecule has 0 aliphatic carbocycles. The van der Waals surface area contributed by atoms with E-state index in [0.29, 0.717) is 30.0 Å². The van der Waals surface area contributed by atoms with Crippen LogP contribution < -0.4 is 20.8 Å². The SMILES string of the molecule is NCCc1cc2cc3c(cc2[nH]c1=O)OCO3. The Labute approximate surface area is 97.2 Å². The second-order valence-corrected chi connectivity index (χ2v) is 3.96. The summed E-state index contributed by atoms with van der Waals surface area (Å²) in [6.07, 6.45) is 0.569. The standard InChI is InChI=1S/C12H12N2O3/c13-2-1-7-3-8-4-10-11(17-6-16-10)5-9(8)14-12(7)15/h3-5H,1-2,6,13H2,(H,14,15). The number of benzene rings is 1. The molecule has 0 saturated carbocycles. The number of nitrogens with one attached hydrogen (secondary N) is 1. The summed E-state index contributed by atoms with van der Waals surface area (Å²) in [4.78, 5) is 14.6. The number of nitrogens with two attached hydrogens (primary N) is 1. The maximum absolute atomic E-state index is 11.7. The molecule has 0 radical (unpaired) electrons. The average molecular weight is 232 g/mol. The van der Waals surface area contributed by atoms with E-state index in [1.54, 1.807) is 6.07 Å². The monoisotopic (exact) mass is 232 g/mol. The van der Waals surface area contributed by atoms with Gasteiger partial charge in [0.15, 0.2) is 11.5 Å². The molecular weight excluding hydrogens is 220 g/mol. The number of hydrogen-bond donors (Lipinski definition) is 2. The molecule has 0 saturated heterocycles. The number of H-pyrrole nitrogens is 1. The van der Waals surface area contributed by atoms with Crippen LogP contribution in [-0.2, 0) is 6.42 Å². The molecule has 1 aromatic carbocycles. The van der Waals surface area contributed by atoms with Gasteiger partial charge in [-0.3, -0.25) is 4.79 Å². The lowest BCUT2D eigenvalue weighted by Crippen LogP contribution is -2.16. The number of pyridine rings is 1. The van der Waals surface area contributed by atoms with E-state index in [-0.39, 0.29) is 12.4 Å². The first-order chi connectivity index (χ1) is 8.28. The van der Waals surface area contributed by atoms with Gasteiger partial charge in [0.2, 0.25) is 6.79 Å². The van der Waals surface area contributed by atoms with Crippen molar-refractivity contribution < 1.29 is 9.47 Å². The van der Waals surface area contributed by atoms with Crippen LogP contribution in [0.25, 0.3) is 10.9 Å². The topological polar surface area (TPSA) is 77.3 Å². The van der Waals surface area contributed by atoms with Crippen LogP contribution in [-0.4, -0.2) is 18.3 Å². The molecule has 0 bridgehead atoms. The summed E-state index contributed by atoms with van der Waals surface area (Å²) in [5, 5.41) is 0.928. The fraction of sp³-hybridized carbons (Fsp3) is 0.250. The molecule has 1 aliphatic heterocycles. The Morgan fingerprint density at radius 2 is 2.00 bits per heavy atom. The Kier molecular flexibility index (Phi) is 2.26. The van der Waals surface area contributed by atoms with E-state index in [9.17, 15) is 4.79 Å². The Hall–Kier alpha value is -2.01. The lowest BCUT2D eigenvalue weighted by atomic mass is 10.1. The Balaban J connectivity index is 2.22. The average Bonchev–Trinajstić information content (AvgIpc) is 2.74. The van der Waals surface area contributed by atoms with Crippen LogP contribution in [0.4, 0.5) is 0 Å². The summed E-state index contributed by atoms with van der Waals surface area (Å²) in [6.45, 7) is 0.685. The highest BCUT2D eigenvalue weighted by atomic mass is 16.7. The van der Waals surface area contributed by atoms with Crippen LogP contribution in [0.5, 0.6) is 11.5 Å². The molecule has 0 amide bonds. The fourth-order valence-electron chi connectivity index (χ4n) is 1.98. The van der Waals surface area contributed by atoms with Gasteiger partial charge < -0.3 is 20.2 Å². The number of hydrogen-bond acceptors (Lipinski definition) is 4. The van der Waals surface area contributed by atoms with Crippen molar-refractivity contribution in [3.05, 3.63) is 34.1 Å². The van der Waals surface area contributed by atoms with Gasteiger partial charge in [-0.15, -0.1) is 0 Å². The van der Waals surface area contributed by atoms with E-state index in [1.165, 1.54) is 0 Å². The van der Waals surface area contributed by atoms with E-state index in [4.69, 9.17) is 15.2 Å². The van der Waals surface area contributed by atoms with Crippen LogP contribution >= 0.6 is 0 Å². The molecule has 2 heterocycles. The smallest absolute Gasteiger partial charge is 0.251 e. The van der Waals surface area contributed by atoms with Gasteiger partial charge in [0, 0.05) is 17.0 Å². The van der Waals surface area contributed by atoms with Crippen LogP contribution in [0.1, 0.15) is 5.56 Å². The van der Waals surface area contributed by atoms with E-state index < -0.39 is 0 Å². The Morgan fingerprint density at radius 3 is 2.76 bits per heavy atom. The van der Waals surface area contributed by atoms with E-state index in [2.05, 4.69) is 4.98 Å². The number of aromatic nitrogens is 1. The van der Waals surface area contributed by atoms with Gasteiger partial charge in [-0.25, -0.2) is 0 Å². The number of fused-ring (bicyclic) bond motifs is 2. The van der Waals surface area contributed by atoms with Crippen molar-refractivity contribution in [2.75, 3.05) is 13.3 Å². The predicted molar refractivity (Wildman–Crippen MR) is 63.5 cm³/mol. The molecule has 5 heteroatoms. The van der Waals surface area contributed by atoms with Crippen molar-refractivity contribution in [2.45, 2.75) is 6.42 Å². The summed E-state index contributed by atoms with van der Waals surface area (Å²) in [5.41, 5.74) is 6.81. The highest BCUT2D eigenvalue weighted by Crippen LogP contribution is 2.35. The van der Waals surface area contributed by atoms with Crippen LogP contribution in [0, 0.1) is 0 Å². The minimum Gasteiger partial charge on any atom is -0.454 e. The molecule has 2 aromatic rings. The normalized spacial score (nSPS) is 13.2. The van der Waals surface area contributed by atoms with E-state index in [1.807, 2.05) is 12.1 Å². The maximum atomic E-state index is 11.7. The second kappa shape index (κ2) is 3.78. The van der Waals surface area contributed by atoms with E-state index >= 15 is 0 Å². The zero-order valence-electron chi connectivity index (χ0n) is 9.16. The molecule has 0 atom stereocenters. The molecule has 5 nitrogen and oxygen atoms in total. The Bertz CT molecular complexity index is 633. The van der Waals surface area contributed by atoms with Crippen molar-refractivity contribution in [1.29, 1.82) is 0 Å². The second-order valence-electron chi connectivity index (χ2n) is 3.96. The highest BCUT2D eigenvalue weighted by Gasteiger charge is 2.15. The van der Waals surface area contributed by atoms with E-state index in [0.717, 1.165) is 10.9 Å². The third-order valence-corrected chi connectivity index (χ3v) is 2.83. The first-order valence-corrected chi connectivity index (χ1v) is 5.43. The first kappa shape index (κ1) is 10.2. The highest BCUT2D eigenvalue weighted by molar-refractivity contribution is 5.83. The molecule has 1 aromatic heterocycles. The molecule has 0 spiro atoms. The molecule has 88 valence electrons. The quantitative estimate of drug-likeness (QED) is 0.801. The zero-order valence-corrected chi connectivity index (χ0v) is 9.16. The Morgan fingerprint density at radius 1 is 1.24 bits per heavy atom. The van der Waals surface area contributed by atoms with Gasteiger partial charge >= 0.3 is 0 Å². The summed E-state index contributed by atoms with van der Waals surface area (Å²) in [7, 11) is 0. The van der Waals surface area contributed by atoms with Crippen molar-refractivity contribution >= 4 is 10.9 Å². The molecule has 1 aliphatic rings. The summed E-state index contributed by atoms with van der Waals surface area (Å²) in [5.74, 6) is 1.38. The van der Waals surface area contributed by atoms with Crippen molar-refractivity contribution in [3.63, 3.8) is 0 Å². The van der Waals surface area contributed by atoms with Gasteiger partial charge in [-0.1, -0.05) is 0 Å². The lowest BCUT2D eigenvalue weighted by Gasteiger charge is -2.03. The molecule has 17 heavy (non-hydrogen) atoms. The van der Waals surface area contributed by atoms with Gasteiger partial charge in [0.25, 0.3) is 5.56 Å². The van der Waals surface area contributed by atoms with Crippen molar-refractivity contribution in [1.82, 2.24) is 4.98 Å². The van der Waals surface area contributed by atoms with Gasteiger partial charge in [-0.2, -0.15) is 0 Å². The maximum Gasteiger partial charge on any atom is 0.251 e. The molecule has 0 fully saturated rings. The molecular formula is C12H12N2O3. The number of rotatable bonds is 2. The zero-order chi connectivity index (χ0) is 11.8. The van der Waals surface area contributed by atoms with Gasteiger partial charge in [0.05, 0.1) is 5.52 Å². The van der Waals surface area contributed by atoms with Crippen molar-refractivity contribution in [3.8, 4) is 11.5 Å². The van der Waals surface area contributed by atoms with Crippen LogP contribution in [0.2, 0.25) is 0 Å². The summed E-state index contributed by atoms with van der Waals surface area (Å²) < 4.78 is 10.6. The van der Waals surface area contributed by atoms with Gasteiger partial charge in [-0.05, 0) is 25.1 Å². The fourth-order valence-corrected chi connectivity index (χ4v) is 1.98. The van der Waals surface area contributed by atoms with Crippen molar-refractivity contribution in [2.24, 2.45) is 5.73 Å². The van der Waals surface area contributed by atoms with Gasteiger partial charge in [0.1, 0.15) is 0 Å². The third kappa shape index (κ3) is 1.64. The van der Waals surface area contributed by atoms with Crippen LogP contribution in [0.3, 0.4) is 0 Å². The number of ether oxygens (including phenoxy) is 2. The van der Waals surface area contributed by atoms with Crippen LogP contribution in [0.15, 0.2) is 23.0 Å². The third-order valence-electron chi connectivity index (χ3n) is 2.83. The minimum atomic E-state index is -0.0955. The molecule has 0 unspecified atom stereocenters. The lowest BCUT2D eigenvalue weighted by molar-refractivity contribution is 0.174. The largest absolute Gasteiger partial charge is 0.454 e.